The molecule has 1 atom stereocenters. The van der Waals surface area contributed by atoms with Crippen molar-refractivity contribution in [1.82, 2.24) is 25.5 Å². The number of benzene rings is 1. The van der Waals surface area contributed by atoms with Crippen molar-refractivity contribution in [2.45, 2.75) is 45.4 Å². The standard InChI is InChI=1S/C17H22N6O3/c1-17(2,3)19-16(25)26-14(15-20-22-23(21-15)8-9-24)10-12-4-6-13(11-18)7-5-12/h4-7,14,24H,8-10H2,1-3H3,(H,19,25)/t14-/m0/s1. The number of aliphatic hydroxyl groups excluding tert-OH is 1. The molecule has 1 aromatic heterocycles. The van der Waals surface area contributed by atoms with Gasteiger partial charge in [0.2, 0.25) is 5.82 Å². The van der Waals surface area contributed by atoms with Crippen LogP contribution in [0, 0.1) is 11.3 Å². The fourth-order valence-electron chi connectivity index (χ4n) is 2.15. The number of carbonyl (C=O) groups excluding carboxylic acids is 1. The highest BCUT2D eigenvalue weighted by Crippen LogP contribution is 2.20. The Hall–Kier alpha value is -2.99. The summed E-state index contributed by atoms with van der Waals surface area (Å²) in [6.45, 7) is 5.62. The van der Waals surface area contributed by atoms with E-state index in [4.69, 9.17) is 15.1 Å². The van der Waals surface area contributed by atoms with Gasteiger partial charge in [0.15, 0.2) is 6.10 Å². The van der Waals surface area contributed by atoms with Crippen LogP contribution in [0.3, 0.4) is 0 Å². The average Bonchev–Trinajstić information content (AvgIpc) is 3.02. The summed E-state index contributed by atoms with van der Waals surface area (Å²) in [5.41, 5.74) is 0.956. The number of nitrogens with one attached hydrogen (secondary N) is 1. The highest BCUT2D eigenvalue weighted by Gasteiger charge is 2.24. The number of tetrazole rings is 1. The van der Waals surface area contributed by atoms with E-state index in [-0.39, 0.29) is 19.0 Å². The lowest BCUT2D eigenvalue weighted by Gasteiger charge is -2.22. The summed E-state index contributed by atoms with van der Waals surface area (Å²) < 4.78 is 5.51. The molecule has 1 heterocycles. The molecule has 2 N–H and O–H groups in total. The van der Waals surface area contributed by atoms with Crippen LogP contribution in [0.25, 0.3) is 0 Å². The zero-order chi connectivity index (χ0) is 19.2. The Morgan fingerprint density at radius 1 is 1.38 bits per heavy atom. The van der Waals surface area contributed by atoms with E-state index in [1.807, 2.05) is 20.8 Å². The van der Waals surface area contributed by atoms with E-state index in [0.29, 0.717) is 12.0 Å². The summed E-state index contributed by atoms with van der Waals surface area (Å²) in [4.78, 5) is 13.4. The van der Waals surface area contributed by atoms with Gasteiger partial charge in [-0.3, -0.25) is 0 Å². The monoisotopic (exact) mass is 358 g/mol. The van der Waals surface area contributed by atoms with Crippen molar-refractivity contribution < 1.29 is 14.6 Å². The molecule has 26 heavy (non-hydrogen) atoms. The van der Waals surface area contributed by atoms with Crippen LogP contribution >= 0.6 is 0 Å². The maximum atomic E-state index is 12.2. The van der Waals surface area contributed by atoms with E-state index in [0.717, 1.165) is 5.56 Å². The molecule has 9 heteroatoms. The first-order chi connectivity index (χ1) is 12.3. The zero-order valence-electron chi connectivity index (χ0n) is 15.0. The predicted molar refractivity (Wildman–Crippen MR) is 91.9 cm³/mol. The van der Waals surface area contributed by atoms with Crippen molar-refractivity contribution in [3.63, 3.8) is 0 Å². The molecule has 0 unspecified atom stereocenters. The third kappa shape index (κ3) is 5.82. The molecule has 2 aromatic rings. The van der Waals surface area contributed by atoms with Gasteiger partial charge in [-0.05, 0) is 43.7 Å². The first-order valence-corrected chi connectivity index (χ1v) is 8.17. The molecular formula is C17H22N6O3. The Labute approximate surface area is 151 Å². The van der Waals surface area contributed by atoms with Crippen LogP contribution in [0.1, 0.15) is 43.8 Å². The quantitative estimate of drug-likeness (QED) is 0.798. The van der Waals surface area contributed by atoms with Crippen LogP contribution in [-0.2, 0) is 17.7 Å². The van der Waals surface area contributed by atoms with E-state index in [1.54, 1.807) is 24.3 Å². The van der Waals surface area contributed by atoms with Gasteiger partial charge in [-0.2, -0.15) is 10.1 Å². The second-order valence-corrected chi connectivity index (χ2v) is 6.75. The number of carbonyl (C=O) groups is 1. The first-order valence-electron chi connectivity index (χ1n) is 8.17. The molecule has 0 saturated heterocycles. The number of nitriles is 1. The Morgan fingerprint density at radius 3 is 2.65 bits per heavy atom. The van der Waals surface area contributed by atoms with E-state index >= 15 is 0 Å². The highest BCUT2D eigenvalue weighted by atomic mass is 16.6. The smallest absolute Gasteiger partial charge is 0.408 e. The summed E-state index contributed by atoms with van der Waals surface area (Å²) in [7, 11) is 0. The Balaban J connectivity index is 2.19. The van der Waals surface area contributed by atoms with Crippen LogP contribution in [0.15, 0.2) is 24.3 Å². The number of aliphatic hydroxyl groups is 1. The minimum atomic E-state index is -0.752. The lowest BCUT2D eigenvalue weighted by Crippen LogP contribution is -2.41. The molecule has 0 aliphatic carbocycles. The Morgan fingerprint density at radius 2 is 2.08 bits per heavy atom. The number of amides is 1. The molecule has 0 aliphatic rings. The van der Waals surface area contributed by atoms with Crippen molar-refractivity contribution in [2.24, 2.45) is 0 Å². The summed E-state index contributed by atoms with van der Waals surface area (Å²) in [5, 5.41) is 32.5. The van der Waals surface area contributed by atoms with Gasteiger partial charge in [0.1, 0.15) is 0 Å². The van der Waals surface area contributed by atoms with E-state index in [9.17, 15) is 4.79 Å². The molecule has 0 saturated carbocycles. The van der Waals surface area contributed by atoms with Crippen molar-refractivity contribution in [3.8, 4) is 6.07 Å². The van der Waals surface area contributed by atoms with Gasteiger partial charge in [0.25, 0.3) is 0 Å². The van der Waals surface area contributed by atoms with Gasteiger partial charge in [-0.1, -0.05) is 12.1 Å². The normalized spacial score (nSPS) is 12.3. The third-order valence-electron chi connectivity index (χ3n) is 3.29. The maximum Gasteiger partial charge on any atom is 0.408 e. The van der Waals surface area contributed by atoms with E-state index in [1.165, 1.54) is 4.80 Å². The van der Waals surface area contributed by atoms with Gasteiger partial charge in [-0.15, -0.1) is 10.2 Å². The lowest BCUT2D eigenvalue weighted by molar-refractivity contribution is 0.0862. The second-order valence-electron chi connectivity index (χ2n) is 6.75. The van der Waals surface area contributed by atoms with Crippen molar-refractivity contribution in [1.29, 1.82) is 5.26 Å². The van der Waals surface area contributed by atoms with Crippen LogP contribution < -0.4 is 5.32 Å². The fraction of sp³-hybridized carbons (Fsp3) is 0.471. The van der Waals surface area contributed by atoms with E-state index < -0.39 is 17.7 Å². The van der Waals surface area contributed by atoms with Crippen LogP contribution in [-0.4, -0.2) is 43.6 Å². The maximum absolute atomic E-state index is 12.2. The number of hydrogen-bond donors (Lipinski definition) is 2. The largest absolute Gasteiger partial charge is 0.437 e. The van der Waals surface area contributed by atoms with Gasteiger partial charge >= 0.3 is 6.09 Å². The molecule has 0 radical (unpaired) electrons. The number of hydrogen-bond acceptors (Lipinski definition) is 7. The first kappa shape index (κ1) is 19.3. The molecule has 9 nitrogen and oxygen atoms in total. The molecule has 0 aliphatic heterocycles. The lowest BCUT2D eigenvalue weighted by atomic mass is 10.1. The average molecular weight is 358 g/mol. The number of alkyl carbamates (subject to hydrolysis) is 1. The van der Waals surface area contributed by atoms with Crippen LogP contribution in [0.4, 0.5) is 4.79 Å². The van der Waals surface area contributed by atoms with Crippen molar-refractivity contribution in [3.05, 3.63) is 41.2 Å². The third-order valence-corrected chi connectivity index (χ3v) is 3.29. The molecule has 0 spiro atoms. The molecule has 2 rings (SSSR count). The van der Waals surface area contributed by atoms with Gasteiger partial charge < -0.3 is 15.2 Å². The summed E-state index contributed by atoms with van der Waals surface area (Å²) in [6, 6.07) is 9.01. The highest BCUT2D eigenvalue weighted by molar-refractivity contribution is 5.68. The molecule has 1 aromatic carbocycles. The van der Waals surface area contributed by atoms with Gasteiger partial charge in [-0.25, -0.2) is 4.79 Å². The minimum absolute atomic E-state index is 0.124. The number of aromatic nitrogens is 4. The van der Waals surface area contributed by atoms with Crippen LogP contribution in [0.2, 0.25) is 0 Å². The molecule has 0 fully saturated rings. The second kappa shape index (κ2) is 8.40. The predicted octanol–water partition coefficient (Wildman–Crippen LogP) is 1.35. The molecule has 138 valence electrons. The number of nitrogens with zero attached hydrogens (tertiary/aromatic N) is 5. The molecular weight excluding hydrogens is 336 g/mol. The minimum Gasteiger partial charge on any atom is -0.437 e. The zero-order valence-corrected chi connectivity index (χ0v) is 15.0. The van der Waals surface area contributed by atoms with Gasteiger partial charge in [0.05, 0.1) is 24.8 Å². The Bertz CT molecular complexity index is 773. The Kier molecular flexibility index (Phi) is 6.25. The topological polar surface area (TPSA) is 126 Å². The van der Waals surface area contributed by atoms with Crippen LogP contribution in [0.5, 0.6) is 0 Å². The molecule has 0 bridgehead atoms. The number of rotatable bonds is 6. The summed E-state index contributed by atoms with van der Waals surface area (Å²) in [6.07, 6.45) is -1.01. The fourth-order valence-corrected chi connectivity index (χ4v) is 2.15. The molecule has 1 amide bonds. The van der Waals surface area contributed by atoms with Crippen molar-refractivity contribution >= 4 is 6.09 Å². The van der Waals surface area contributed by atoms with Crippen molar-refractivity contribution in [2.75, 3.05) is 6.61 Å². The summed E-state index contributed by atoms with van der Waals surface area (Å²) >= 11 is 0. The number of ether oxygens (including phenoxy) is 1. The summed E-state index contributed by atoms with van der Waals surface area (Å²) in [5.74, 6) is 0.242. The SMILES string of the molecule is CC(C)(C)NC(=O)O[C@@H](Cc1ccc(C#N)cc1)c1nnn(CCO)n1. The van der Waals surface area contributed by atoms with Gasteiger partial charge in [0, 0.05) is 12.0 Å². The van der Waals surface area contributed by atoms with E-state index in [2.05, 4.69) is 26.8 Å².